The second-order valence-electron chi connectivity index (χ2n) is 3.23. The molecule has 1 saturated heterocycles. The van der Waals surface area contributed by atoms with Crippen LogP contribution in [0.15, 0.2) is 24.3 Å². The molecule has 1 aromatic rings. The van der Waals surface area contributed by atoms with Gasteiger partial charge < -0.3 is 10.5 Å². The lowest BCUT2D eigenvalue weighted by Crippen LogP contribution is -2.31. The highest BCUT2D eigenvalue weighted by Crippen LogP contribution is 2.50. The maximum absolute atomic E-state index is 11.0. The number of epoxide rings is 1. The zero-order valence-corrected chi connectivity index (χ0v) is 8.36. The molecule has 2 rings (SSSR count). The van der Waals surface area contributed by atoms with Crippen LogP contribution in [-0.4, -0.2) is 11.5 Å². The molecule has 76 valence electrons. The molecule has 0 radical (unpaired) electrons. The number of carbonyl (C=O) groups excluding carboxylic acids is 1. The molecule has 4 nitrogen and oxygen atoms in total. The van der Waals surface area contributed by atoms with E-state index in [-0.39, 0.29) is 0 Å². The van der Waals surface area contributed by atoms with E-state index in [4.69, 9.17) is 27.3 Å². The van der Waals surface area contributed by atoms with Crippen LogP contribution in [0.3, 0.4) is 0 Å². The van der Waals surface area contributed by atoms with Crippen LogP contribution in [0.2, 0.25) is 5.02 Å². The zero-order chi connectivity index (χ0) is 11.1. The lowest BCUT2D eigenvalue weighted by Gasteiger charge is -2.00. The number of hydrogen-bond donors (Lipinski definition) is 1. The van der Waals surface area contributed by atoms with Crippen molar-refractivity contribution in [3.63, 3.8) is 0 Å². The highest BCUT2D eigenvalue weighted by molar-refractivity contribution is 6.31. The maximum atomic E-state index is 11.0. The first-order valence-corrected chi connectivity index (χ1v) is 4.63. The number of rotatable bonds is 2. The van der Waals surface area contributed by atoms with Crippen LogP contribution in [0, 0.1) is 11.3 Å². The molecular weight excluding hydrogens is 216 g/mol. The van der Waals surface area contributed by atoms with Gasteiger partial charge in [-0.2, -0.15) is 5.26 Å². The summed E-state index contributed by atoms with van der Waals surface area (Å²) in [6.07, 6.45) is -0.645. The molecule has 1 aliphatic rings. The molecule has 1 fully saturated rings. The molecular formula is C10H7ClN2O2. The zero-order valence-electron chi connectivity index (χ0n) is 7.61. The van der Waals surface area contributed by atoms with Gasteiger partial charge in [-0.3, -0.25) is 4.79 Å². The van der Waals surface area contributed by atoms with Gasteiger partial charge in [0.1, 0.15) is 12.2 Å². The summed E-state index contributed by atoms with van der Waals surface area (Å²) in [5.74, 6) is -0.782. The number of nitrogens with zero attached hydrogens (tertiary/aromatic N) is 1. The number of benzene rings is 1. The van der Waals surface area contributed by atoms with Crippen LogP contribution in [-0.2, 0) is 9.53 Å². The number of amides is 1. The van der Waals surface area contributed by atoms with Crippen LogP contribution in [0.25, 0.3) is 0 Å². The van der Waals surface area contributed by atoms with E-state index in [1.165, 1.54) is 0 Å². The van der Waals surface area contributed by atoms with Crippen molar-refractivity contribution >= 4 is 17.5 Å². The van der Waals surface area contributed by atoms with Crippen LogP contribution in [0.1, 0.15) is 11.7 Å². The Kier molecular flexibility index (Phi) is 2.14. The minimum absolute atomic E-state index is 0.459. The summed E-state index contributed by atoms with van der Waals surface area (Å²) >= 11 is 5.91. The molecule has 1 aliphatic heterocycles. The number of nitrogens with two attached hydrogens (primary N) is 1. The van der Waals surface area contributed by atoms with Crippen LogP contribution < -0.4 is 5.73 Å². The van der Waals surface area contributed by atoms with Crippen molar-refractivity contribution in [2.45, 2.75) is 11.7 Å². The third-order valence-electron chi connectivity index (χ3n) is 2.34. The minimum Gasteiger partial charge on any atom is -0.366 e. The lowest BCUT2D eigenvalue weighted by molar-refractivity contribution is -0.121. The van der Waals surface area contributed by atoms with Crippen molar-refractivity contribution in [3.8, 4) is 6.07 Å². The molecule has 2 unspecified atom stereocenters. The highest BCUT2D eigenvalue weighted by Gasteiger charge is 2.64. The maximum Gasteiger partial charge on any atom is 0.267 e. The number of primary amides is 1. The average Bonchev–Trinajstić information content (AvgIpc) is 2.94. The second kappa shape index (κ2) is 3.23. The quantitative estimate of drug-likeness (QED) is 0.763. The Balaban J connectivity index is 2.36. The first-order valence-electron chi connectivity index (χ1n) is 4.25. The third kappa shape index (κ3) is 1.37. The molecule has 1 aromatic carbocycles. The van der Waals surface area contributed by atoms with Gasteiger partial charge >= 0.3 is 0 Å². The van der Waals surface area contributed by atoms with E-state index in [1.54, 1.807) is 30.3 Å². The van der Waals surface area contributed by atoms with Gasteiger partial charge in [-0.1, -0.05) is 29.8 Å². The molecule has 0 aromatic heterocycles. The van der Waals surface area contributed by atoms with E-state index in [2.05, 4.69) is 0 Å². The van der Waals surface area contributed by atoms with E-state index >= 15 is 0 Å². The second-order valence-corrected chi connectivity index (χ2v) is 3.64. The Labute approximate surface area is 91.2 Å². The normalized spacial score (nSPS) is 28.1. The van der Waals surface area contributed by atoms with Crippen molar-refractivity contribution in [1.29, 1.82) is 5.26 Å². The fourth-order valence-corrected chi connectivity index (χ4v) is 1.68. The molecule has 1 heterocycles. The highest BCUT2D eigenvalue weighted by atomic mass is 35.5. The van der Waals surface area contributed by atoms with Gasteiger partial charge in [0.15, 0.2) is 0 Å². The Morgan fingerprint density at radius 3 is 2.73 bits per heavy atom. The Morgan fingerprint density at radius 1 is 1.60 bits per heavy atom. The van der Waals surface area contributed by atoms with E-state index in [0.717, 1.165) is 0 Å². The SMILES string of the molecule is N#CC1(C(N)=O)OC1c1ccccc1Cl. The topological polar surface area (TPSA) is 79.4 Å². The first kappa shape index (κ1) is 9.97. The number of hydrogen-bond acceptors (Lipinski definition) is 3. The molecule has 2 N–H and O–H groups in total. The summed E-state index contributed by atoms with van der Waals surface area (Å²) in [6, 6.07) is 8.66. The predicted molar refractivity (Wildman–Crippen MR) is 52.8 cm³/mol. The molecule has 0 bridgehead atoms. The van der Waals surface area contributed by atoms with E-state index in [0.29, 0.717) is 10.6 Å². The molecule has 5 heteroatoms. The van der Waals surface area contributed by atoms with Gasteiger partial charge in [-0.15, -0.1) is 0 Å². The summed E-state index contributed by atoms with van der Waals surface area (Å²) in [6.45, 7) is 0. The number of halogens is 1. The van der Waals surface area contributed by atoms with E-state index < -0.39 is 17.6 Å². The Morgan fingerprint density at radius 2 is 2.27 bits per heavy atom. The summed E-state index contributed by atoms with van der Waals surface area (Å²) in [5.41, 5.74) is 4.17. The first-order chi connectivity index (χ1) is 7.12. The van der Waals surface area contributed by atoms with Crippen LogP contribution in [0.4, 0.5) is 0 Å². The molecule has 2 atom stereocenters. The molecule has 0 spiro atoms. The molecule has 1 amide bonds. The van der Waals surface area contributed by atoms with Gasteiger partial charge in [0.05, 0.1) is 0 Å². The van der Waals surface area contributed by atoms with Crippen molar-refractivity contribution in [3.05, 3.63) is 34.9 Å². The number of ether oxygens (including phenoxy) is 1. The monoisotopic (exact) mass is 222 g/mol. The largest absolute Gasteiger partial charge is 0.366 e. The molecule has 0 saturated carbocycles. The summed E-state index contributed by atoms with van der Waals surface area (Å²) in [7, 11) is 0. The Bertz CT molecular complexity index is 469. The third-order valence-corrected chi connectivity index (χ3v) is 2.68. The van der Waals surface area contributed by atoms with Crippen molar-refractivity contribution < 1.29 is 9.53 Å². The summed E-state index contributed by atoms with van der Waals surface area (Å²) < 4.78 is 5.06. The van der Waals surface area contributed by atoms with Crippen LogP contribution in [0.5, 0.6) is 0 Å². The van der Waals surface area contributed by atoms with Crippen LogP contribution >= 0.6 is 11.6 Å². The molecule has 0 aliphatic carbocycles. The van der Waals surface area contributed by atoms with Gasteiger partial charge in [-0.05, 0) is 6.07 Å². The van der Waals surface area contributed by atoms with E-state index in [1.807, 2.05) is 0 Å². The predicted octanol–water partition coefficient (Wildman–Crippen LogP) is 1.16. The van der Waals surface area contributed by atoms with Crippen molar-refractivity contribution in [2.24, 2.45) is 5.73 Å². The number of nitriles is 1. The number of carbonyl (C=O) groups is 1. The van der Waals surface area contributed by atoms with Gasteiger partial charge in [0, 0.05) is 10.6 Å². The minimum atomic E-state index is -1.54. The van der Waals surface area contributed by atoms with Crippen molar-refractivity contribution in [2.75, 3.05) is 0 Å². The summed E-state index contributed by atoms with van der Waals surface area (Å²) in [5, 5.41) is 9.29. The smallest absolute Gasteiger partial charge is 0.267 e. The average molecular weight is 223 g/mol. The molecule has 15 heavy (non-hydrogen) atoms. The van der Waals surface area contributed by atoms with Crippen molar-refractivity contribution in [1.82, 2.24) is 0 Å². The van der Waals surface area contributed by atoms with Gasteiger partial charge in [0.25, 0.3) is 11.5 Å². The van der Waals surface area contributed by atoms with Gasteiger partial charge in [0.2, 0.25) is 0 Å². The fraction of sp³-hybridized carbons (Fsp3) is 0.200. The Hall–Kier alpha value is -1.57. The standard InChI is InChI=1S/C10H7ClN2O2/c11-7-4-2-1-3-6(7)8-10(5-12,15-8)9(13)14/h1-4,8H,(H2,13,14). The fourth-order valence-electron chi connectivity index (χ4n) is 1.45. The van der Waals surface area contributed by atoms with E-state index in [9.17, 15) is 4.79 Å². The lowest BCUT2D eigenvalue weighted by atomic mass is 10.0. The van der Waals surface area contributed by atoms with Gasteiger partial charge in [-0.25, -0.2) is 0 Å². The summed E-state index contributed by atoms with van der Waals surface area (Å²) in [4.78, 5) is 11.0.